The zero-order valence-corrected chi connectivity index (χ0v) is 10.7. The topological polar surface area (TPSA) is 66.6 Å². The summed E-state index contributed by atoms with van der Waals surface area (Å²) in [5, 5.41) is 20.4. The molecule has 0 saturated carbocycles. The molecule has 1 aromatic rings. The van der Waals surface area contributed by atoms with Crippen LogP contribution >= 0.6 is 0 Å². The van der Waals surface area contributed by atoms with Gasteiger partial charge in [-0.05, 0) is 30.9 Å². The summed E-state index contributed by atoms with van der Waals surface area (Å²) in [7, 11) is 0. The van der Waals surface area contributed by atoms with Gasteiger partial charge in [0.05, 0.1) is 11.0 Å². The minimum Gasteiger partial charge on any atom is -0.393 e. The van der Waals surface area contributed by atoms with Crippen molar-refractivity contribution in [3.05, 3.63) is 33.9 Å². The van der Waals surface area contributed by atoms with E-state index in [4.69, 9.17) is 0 Å². The highest BCUT2D eigenvalue weighted by atomic mass is 16.6. The number of hydrogen-bond acceptors (Lipinski definition) is 4. The zero-order valence-electron chi connectivity index (χ0n) is 10.7. The molecular formula is C13H18N2O3. The molecule has 1 aromatic carbocycles. The van der Waals surface area contributed by atoms with Crippen LogP contribution in [0.25, 0.3) is 0 Å². The number of aliphatic hydroxyl groups excluding tert-OH is 1. The average Bonchev–Trinajstić information content (AvgIpc) is 2.32. The van der Waals surface area contributed by atoms with Gasteiger partial charge in [0, 0.05) is 30.9 Å². The van der Waals surface area contributed by atoms with Crippen molar-refractivity contribution in [2.75, 3.05) is 18.0 Å². The van der Waals surface area contributed by atoms with Crippen molar-refractivity contribution >= 4 is 11.4 Å². The first-order valence-electron chi connectivity index (χ1n) is 6.17. The highest BCUT2D eigenvalue weighted by Crippen LogP contribution is 2.28. The maximum absolute atomic E-state index is 10.7. The smallest absolute Gasteiger partial charge is 0.269 e. The molecule has 1 fully saturated rings. The van der Waals surface area contributed by atoms with Crippen molar-refractivity contribution in [2.45, 2.75) is 26.4 Å². The molecule has 2 rings (SSSR count). The van der Waals surface area contributed by atoms with Gasteiger partial charge in [-0.1, -0.05) is 6.92 Å². The van der Waals surface area contributed by atoms with E-state index in [1.807, 2.05) is 13.8 Å². The number of piperidine rings is 1. The molecule has 2 atom stereocenters. The third kappa shape index (κ3) is 2.46. The maximum Gasteiger partial charge on any atom is 0.269 e. The normalized spacial score (nSPS) is 24.1. The van der Waals surface area contributed by atoms with Gasteiger partial charge in [-0.2, -0.15) is 0 Å². The van der Waals surface area contributed by atoms with E-state index in [1.165, 1.54) is 6.07 Å². The number of aliphatic hydroxyl groups is 1. The van der Waals surface area contributed by atoms with Crippen molar-refractivity contribution in [1.82, 2.24) is 0 Å². The van der Waals surface area contributed by atoms with Gasteiger partial charge in [0.2, 0.25) is 0 Å². The summed E-state index contributed by atoms with van der Waals surface area (Å²) < 4.78 is 0. The Hall–Kier alpha value is -1.62. The van der Waals surface area contributed by atoms with Gasteiger partial charge in [0.15, 0.2) is 0 Å². The van der Waals surface area contributed by atoms with Crippen LogP contribution in [0.4, 0.5) is 11.4 Å². The fourth-order valence-electron chi connectivity index (χ4n) is 2.46. The van der Waals surface area contributed by atoms with Gasteiger partial charge in [-0.3, -0.25) is 10.1 Å². The fourth-order valence-corrected chi connectivity index (χ4v) is 2.46. The number of aryl methyl sites for hydroxylation is 1. The summed E-state index contributed by atoms with van der Waals surface area (Å²) in [4.78, 5) is 12.5. The first kappa shape index (κ1) is 12.8. The van der Waals surface area contributed by atoms with Crippen LogP contribution in [0.2, 0.25) is 0 Å². The van der Waals surface area contributed by atoms with E-state index in [0.717, 1.165) is 30.8 Å². The third-order valence-electron chi connectivity index (χ3n) is 3.59. The van der Waals surface area contributed by atoms with Crippen LogP contribution in [0.3, 0.4) is 0 Å². The van der Waals surface area contributed by atoms with Gasteiger partial charge in [-0.25, -0.2) is 0 Å². The number of non-ortho nitro benzene ring substituents is 1. The Balaban J connectivity index is 2.21. The van der Waals surface area contributed by atoms with Crippen LogP contribution in [0, 0.1) is 23.0 Å². The minimum atomic E-state index is -0.376. The molecule has 1 aliphatic heterocycles. The largest absolute Gasteiger partial charge is 0.393 e. The highest BCUT2D eigenvalue weighted by molar-refractivity contribution is 5.57. The number of hydrogen-bond donors (Lipinski definition) is 1. The second-order valence-electron chi connectivity index (χ2n) is 5.01. The number of anilines is 1. The lowest BCUT2D eigenvalue weighted by molar-refractivity contribution is -0.384. The van der Waals surface area contributed by atoms with E-state index < -0.39 is 0 Å². The van der Waals surface area contributed by atoms with Crippen LogP contribution in [0.1, 0.15) is 18.9 Å². The SMILES string of the molecule is Cc1cc([N+](=O)[O-])ccc1N1CCC(O)C(C)C1. The molecule has 0 radical (unpaired) electrons. The molecule has 0 bridgehead atoms. The summed E-state index contributed by atoms with van der Waals surface area (Å²) in [5.41, 5.74) is 2.06. The fraction of sp³-hybridized carbons (Fsp3) is 0.538. The summed E-state index contributed by atoms with van der Waals surface area (Å²) in [6, 6.07) is 4.95. The van der Waals surface area contributed by atoms with E-state index in [0.29, 0.717) is 0 Å². The van der Waals surface area contributed by atoms with Gasteiger partial charge < -0.3 is 10.0 Å². The molecule has 0 amide bonds. The van der Waals surface area contributed by atoms with E-state index in [-0.39, 0.29) is 22.6 Å². The van der Waals surface area contributed by atoms with Crippen molar-refractivity contribution < 1.29 is 10.0 Å². The van der Waals surface area contributed by atoms with Crippen LogP contribution < -0.4 is 4.90 Å². The van der Waals surface area contributed by atoms with Crippen LogP contribution in [-0.4, -0.2) is 29.2 Å². The summed E-state index contributed by atoms with van der Waals surface area (Å²) >= 11 is 0. The first-order valence-corrected chi connectivity index (χ1v) is 6.17. The summed E-state index contributed by atoms with van der Waals surface area (Å²) in [5.74, 6) is 0.230. The van der Waals surface area contributed by atoms with Crippen molar-refractivity contribution in [1.29, 1.82) is 0 Å². The lowest BCUT2D eigenvalue weighted by Gasteiger charge is -2.36. The Labute approximate surface area is 106 Å². The second kappa shape index (κ2) is 4.94. The van der Waals surface area contributed by atoms with E-state index in [2.05, 4.69) is 4.90 Å². The standard InChI is InChI=1S/C13H18N2O3/c1-9-7-11(15(17)18)3-4-12(9)14-6-5-13(16)10(2)8-14/h3-4,7,10,13,16H,5-6,8H2,1-2H3. The molecule has 0 aliphatic carbocycles. The predicted octanol–water partition coefficient (Wildman–Crippen LogP) is 2.11. The second-order valence-corrected chi connectivity index (χ2v) is 5.01. The predicted molar refractivity (Wildman–Crippen MR) is 69.8 cm³/mol. The molecule has 0 spiro atoms. The van der Waals surface area contributed by atoms with E-state index >= 15 is 0 Å². The minimum absolute atomic E-state index is 0.126. The monoisotopic (exact) mass is 250 g/mol. The Morgan fingerprint density at radius 3 is 2.78 bits per heavy atom. The van der Waals surface area contributed by atoms with Crippen molar-refractivity contribution in [3.8, 4) is 0 Å². The van der Waals surface area contributed by atoms with Gasteiger partial charge in [0.1, 0.15) is 0 Å². The molecule has 1 saturated heterocycles. The molecule has 1 N–H and O–H groups in total. The Bertz CT molecular complexity index is 462. The molecule has 1 heterocycles. The number of rotatable bonds is 2. The molecule has 2 unspecified atom stereocenters. The number of nitro benzene ring substituents is 1. The molecule has 5 nitrogen and oxygen atoms in total. The molecule has 5 heteroatoms. The Morgan fingerprint density at radius 2 is 2.22 bits per heavy atom. The summed E-state index contributed by atoms with van der Waals surface area (Å²) in [6.07, 6.45) is 0.511. The zero-order chi connectivity index (χ0) is 13.3. The van der Waals surface area contributed by atoms with Crippen molar-refractivity contribution in [2.24, 2.45) is 5.92 Å². The van der Waals surface area contributed by atoms with E-state index in [1.54, 1.807) is 12.1 Å². The first-order chi connectivity index (χ1) is 8.49. The lowest BCUT2D eigenvalue weighted by atomic mass is 9.96. The number of nitrogens with zero attached hydrogens (tertiary/aromatic N) is 2. The molecular weight excluding hydrogens is 232 g/mol. The molecule has 1 aliphatic rings. The molecule has 98 valence electrons. The maximum atomic E-state index is 10.7. The average molecular weight is 250 g/mol. The van der Waals surface area contributed by atoms with Crippen LogP contribution in [0.15, 0.2) is 18.2 Å². The van der Waals surface area contributed by atoms with Gasteiger partial charge >= 0.3 is 0 Å². The number of benzene rings is 1. The Kier molecular flexibility index (Phi) is 3.52. The van der Waals surface area contributed by atoms with Gasteiger partial charge in [-0.15, -0.1) is 0 Å². The van der Waals surface area contributed by atoms with E-state index in [9.17, 15) is 15.2 Å². The van der Waals surface area contributed by atoms with Gasteiger partial charge in [0.25, 0.3) is 5.69 Å². The highest BCUT2D eigenvalue weighted by Gasteiger charge is 2.25. The summed E-state index contributed by atoms with van der Waals surface area (Å²) in [6.45, 7) is 5.50. The molecule has 0 aromatic heterocycles. The van der Waals surface area contributed by atoms with Crippen molar-refractivity contribution in [3.63, 3.8) is 0 Å². The quantitative estimate of drug-likeness (QED) is 0.645. The third-order valence-corrected chi connectivity index (χ3v) is 3.59. The van der Waals surface area contributed by atoms with Crippen LogP contribution in [0.5, 0.6) is 0 Å². The Morgan fingerprint density at radius 1 is 1.50 bits per heavy atom. The van der Waals surface area contributed by atoms with Crippen LogP contribution in [-0.2, 0) is 0 Å². The molecule has 18 heavy (non-hydrogen) atoms. The number of nitro groups is 1. The lowest BCUT2D eigenvalue weighted by Crippen LogP contribution is -2.42.